The molecule has 1 saturated heterocycles. The zero-order valence-electron chi connectivity index (χ0n) is 13.2. The molecule has 24 heavy (non-hydrogen) atoms. The number of anilines is 2. The van der Waals surface area contributed by atoms with Gasteiger partial charge in [-0.25, -0.2) is 0 Å². The minimum atomic E-state index is -0.537. The lowest BCUT2D eigenvalue weighted by atomic mass is 10.1. The van der Waals surface area contributed by atoms with Crippen molar-refractivity contribution in [1.82, 2.24) is 0 Å². The first kappa shape index (κ1) is 14.8. The fraction of sp³-hybridized carbons (Fsp3) is 0.263. The molecule has 0 bridgehead atoms. The van der Waals surface area contributed by atoms with E-state index in [1.165, 1.54) is 0 Å². The molecule has 0 spiro atoms. The molecule has 2 aromatic carbocycles. The first-order valence-corrected chi connectivity index (χ1v) is 8.17. The Morgan fingerprint density at radius 3 is 2.71 bits per heavy atom. The van der Waals surface area contributed by atoms with E-state index in [1.807, 2.05) is 48.5 Å². The highest BCUT2D eigenvalue weighted by molar-refractivity contribution is 6.03. The molecular formula is C19H18N2O3. The molecule has 0 aromatic heterocycles. The molecule has 2 aliphatic rings. The molecule has 0 saturated carbocycles. The zero-order chi connectivity index (χ0) is 16.5. The highest BCUT2D eigenvalue weighted by Gasteiger charge is 2.30. The lowest BCUT2D eigenvalue weighted by Gasteiger charge is -2.20. The second kappa shape index (κ2) is 6.00. The van der Waals surface area contributed by atoms with E-state index in [0.717, 1.165) is 23.4 Å². The van der Waals surface area contributed by atoms with E-state index in [9.17, 15) is 9.59 Å². The summed E-state index contributed by atoms with van der Waals surface area (Å²) in [4.78, 5) is 26.3. The largest absolute Gasteiger partial charge is 0.480 e. The fourth-order valence-corrected chi connectivity index (χ4v) is 3.26. The van der Waals surface area contributed by atoms with Gasteiger partial charge in [-0.15, -0.1) is 0 Å². The molecule has 5 nitrogen and oxygen atoms in total. The molecule has 1 N–H and O–H groups in total. The zero-order valence-corrected chi connectivity index (χ0v) is 13.2. The molecule has 1 fully saturated rings. The van der Waals surface area contributed by atoms with Crippen molar-refractivity contribution in [2.45, 2.75) is 25.4 Å². The number of hydrogen-bond donors (Lipinski definition) is 1. The molecule has 0 radical (unpaired) electrons. The highest BCUT2D eigenvalue weighted by Crippen LogP contribution is 2.32. The number of fused-ring (bicyclic) bond motifs is 1. The Kier molecular flexibility index (Phi) is 3.69. The van der Waals surface area contributed by atoms with E-state index >= 15 is 0 Å². The summed E-state index contributed by atoms with van der Waals surface area (Å²) in [5.74, 6) is 0.673. The fourth-order valence-electron chi connectivity index (χ4n) is 3.26. The molecule has 0 unspecified atom stereocenters. The maximum Gasteiger partial charge on any atom is 0.265 e. The number of ether oxygens (including phenoxy) is 1. The maximum absolute atomic E-state index is 12.6. The van der Waals surface area contributed by atoms with Gasteiger partial charge in [0.2, 0.25) is 5.91 Å². The molecule has 0 aliphatic carbocycles. The van der Waals surface area contributed by atoms with E-state index < -0.39 is 6.10 Å². The van der Waals surface area contributed by atoms with E-state index in [0.29, 0.717) is 25.1 Å². The third-order valence-corrected chi connectivity index (χ3v) is 4.47. The maximum atomic E-state index is 12.6. The Balaban J connectivity index is 1.52. The first-order valence-electron chi connectivity index (χ1n) is 8.17. The number of nitrogens with zero attached hydrogens (tertiary/aromatic N) is 1. The van der Waals surface area contributed by atoms with Crippen molar-refractivity contribution in [1.29, 1.82) is 0 Å². The van der Waals surface area contributed by atoms with Crippen molar-refractivity contribution in [2.24, 2.45) is 0 Å². The van der Waals surface area contributed by atoms with Gasteiger partial charge < -0.3 is 15.0 Å². The van der Waals surface area contributed by atoms with Crippen molar-refractivity contribution in [2.75, 3.05) is 16.8 Å². The Morgan fingerprint density at radius 1 is 1.12 bits per heavy atom. The van der Waals surface area contributed by atoms with Gasteiger partial charge in [0.25, 0.3) is 5.91 Å². The van der Waals surface area contributed by atoms with Crippen LogP contribution in [0, 0.1) is 0 Å². The number of benzene rings is 2. The summed E-state index contributed by atoms with van der Waals surface area (Å²) in [6.07, 6.45) is 1.43. The quantitative estimate of drug-likeness (QED) is 0.945. The second-order valence-corrected chi connectivity index (χ2v) is 6.07. The minimum Gasteiger partial charge on any atom is -0.480 e. The van der Waals surface area contributed by atoms with Crippen LogP contribution >= 0.6 is 0 Å². The summed E-state index contributed by atoms with van der Waals surface area (Å²) in [5, 5.41) is 2.93. The van der Waals surface area contributed by atoms with Crippen molar-refractivity contribution in [3.8, 4) is 5.75 Å². The minimum absolute atomic E-state index is 0.0984. The number of para-hydroxylation sites is 3. The SMILES string of the molecule is O=C(Nc1ccccc1N1CCCC1=O)[C@H]1Cc2ccccc2O1. The molecule has 2 amide bonds. The Hall–Kier alpha value is -2.82. The van der Waals surface area contributed by atoms with Gasteiger partial charge in [-0.2, -0.15) is 0 Å². The van der Waals surface area contributed by atoms with E-state index in [2.05, 4.69) is 5.32 Å². The standard InChI is InChI=1S/C19H18N2O3/c22-18-10-5-11-21(18)15-8-3-2-7-14(15)20-19(23)17-12-13-6-1-4-9-16(13)24-17/h1-4,6-9,17H,5,10-12H2,(H,20,23)/t17-/m1/s1. The second-order valence-electron chi connectivity index (χ2n) is 6.07. The Labute approximate surface area is 140 Å². The van der Waals surface area contributed by atoms with Crippen LogP contribution in [0.4, 0.5) is 11.4 Å². The van der Waals surface area contributed by atoms with Gasteiger partial charge in [-0.05, 0) is 30.2 Å². The summed E-state index contributed by atoms with van der Waals surface area (Å²) < 4.78 is 5.73. The summed E-state index contributed by atoms with van der Waals surface area (Å²) in [5.41, 5.74) is 2.45. The monoisotopic (exact) mass is 322 g/mol. The average Bonchev–Trinajstić information content (AvgIpc) is 3.21. The predicted molar refractivity (Wildman–Crippen MR) is 91.2 cm³/mol. The third kappa shape index (κ3) is 2.62. The van der Waals surface area contributed by atoms with Crippen LogP contribution in [0.15, 0.2) is 48.5 Å². The smallest absolute Gasteiger partial charge is 0.265 e. The van der Waals surface area contributed by atoms with Crippen molar-refractivity contribution >= 4 is 23.2 Å². The van der Waals surface area contributed by atoms with Crippen LogP contribution in [-0.4, -0.2) is 24.5 Å². The number of amides is 2. The van der Waals surface area contributed by atoms with Gasteiger partial charge in [-0.3, -0.25) is 9.59 Å². The molecule has 1 atom stereocenters. The van der Waals surface area contributed by atoms with Gasteiger partial charge in [0.05, 0.1) is 11.4 Å². The van der Waals surface area contributed by atoms with Gasteiger partial charge >= 0.3 is 0 Å². The topological polar surface area (TPSA) is 58.6 Å². The van der Waals surface area contributed by atoms with Crippen LogP contribution in [0.1, 0.15) is 18.4 Å². The first-order chi connectivity index (χ1) is 11.7. The van der Waals surface area contributed by atoms with E-state index in [4.69, 9.17) is 4.74 Å². The van der Waals surface area contributed by atoms with Crippen molar-refractivity contribution in [3.63, 3.8) is 0 Å². The van der Waals surface area contributed by atoms with Crippen LogP contribution in [0.5, 0.6) is 5.75 Å². The van der Waals surface area contributed by atoms with Gasteiger partial charge in [0, 0.05) is 19.4 Å². The van der Waals surface area contributed by atoms with Gasteiger partial charge in [0.15, 0.2) is 6.10 Å². The number of hydrogen-bond acceptors (Lipinski definition) is 3. The van der Waals surface area contributed by atoms with Crippen LogP contribution in [0.2, 0.25) is 0 Å². The number of nitrogens with one attached hydrogen (secondary N) is 1. The average molecular weight is 322 g/mol. The van der Waals surface area contributed by atoms with Crippen molar-refractivity contribution < 1.29 is 14.3 Å². The van der Waals surface area contributed by atoms with Crippen LogP contribution in [0.3, 0.4) is 0 Å². The summed E-state index contributed by atoms with van der Waals surface area (Å²) in [6, 6.07) is 15.1. The number of carbonyl (C=O) groups is 2. The summed E-state index contributed by atoms with van der Waals surface area (Å²) in [7, 11) is 0. The van der Waals surface area contributed by atoms with Crippen LogP contribution in [0.25, 0.3) is 0 Å². The number of rotatable bonds is 3. The van der Waals surface area contributed by atoms with Crippen molar-refractivity contribution in [3.05, 3.63) is 54.1 Å². The number of carbonyl (C=O) groups excluding carboxylic acids is 2. The molecule has 122 valence electrons. The summed E-state index contributed by atoms with van der Waals surface area (Å²) >= 11 is 0. The molecule has 5 heteroatoms. The predicted octanol–water partition coefficient (Wildman–Crippen LogP) is 2.76. The van der Waals surface area contributed by atoms with Crippen LogP contribution < -0.4 is 15.0 Å². The molecule has 2 aliphatic heterocycles. The molecular weight excluding hydrogens is 304 g/mol. The molecule has 2 aromatic rings. The van der Waals surface area contributed by atoms with Gasteiger partial charge in [0.1, 0.15) is 5.75 Å². The normalized spacial score (nSPS) is 19.1. The van der Waals surface area contributed by atoms with Gasteiger partial charge in [-0.1, -0.05) is 30.3 Å². The Morgan fingerprint density at radius 2 is 1.92 bits per heavy atom. The lowest BCUT2D eigenvalue weighted by Crippen LogP contribution is -2.32. The van der Waals surface area contributed by atoms with Crippen LogP contribution in [-0.2, 0) is 16.0 Å². The molecule has 2 heterocycles. The lowest BCUT2D eigenvalue weighted by molar-refractivity contribution is -0.122. The highest BCUT2D eigenvalue weighted by atomic mass is 16.5. The summed E-state index contributed by atoms with van der Waals surface area (Å²) in [6.45, 7) is 0.692. The molecule has 4 rings (SSSR count). The van der Waals surface area contributed by atoms with E-state index in [-0.39, 0.29) is 11.8 Å². The Bertz CT molecular complexity index is 778. The third-order valence-electron chi connectivity index (χ3n) is 4.47. The van der Waals surface area contributed by atoms with E-state index in [1.54, 1.807) is 4.90 Å².